The molecule has 1 aliphatic rings. The minimum atomic E-state index is -1.00. The number of benzene rings is 2. The standard InChI is InChI=1S/C17H16O/c18-17-15(12-13-6-2-1-3-7-13)11-10-14-8-4-5-9-16(14)17/h1-9,15H,10-12H2/i15D. The molecule has 2 aromatic rings. The van der Waals surface area contributed by atoms with E-state index in [1.165, 1.54) is 0 Å². The van der Waals surface area contributed by atoms with Crippen molar-refractivity contribution >= 4 is 5.78 Å². The molecule has 1 unspecified atom stereocenters. The highest BCUT2D eigenvalue weighted by atomic mass is 16.1. The second-order valence-corrected chi connectivity index (χ2v) is 4.75. The molecule has 0 radical (unpaired) electrons. The number of aryl methyl sites for hydroxylation is 1. The molecular weight excluding hydrogens is 220 g/mol. The molecule has 0 heterocycles. The Bertz CT molecular complexity index is 606. The van der Waals surface area contributed by atoms with Crippen molar-refractivity contribution in [2.24, 2.45) is 5.89 Å². The Morgan fingerprint density at radius 3 is 2.61 bits per heavy atom. The second kappa shape index (κ2) is 4.77. The molecule has 18 heavy (non-hydrogen) atoms. The van der Waals surface area contributed by atoms with Crippen LogP contribution in [-0.2, 0) is 12.8 Å². The summed E-state index contributed by atoms with van der Waals surface area (Å²) in [4.78, 5) is 12.6. The lowest BCUT2D eigenvalue weighted by Gasteiger charge is -2.23. The number of rotatable bonds is 2. The van der Waals surface area contributed by atoms with Gasteiger partial charge < -0.3 is 0 Å². The Kier molecular flexibility index (Phi) is 2.67. The van der Waals surface area contributed by atoms with Gasteiger partial charge in [0.2, 0.25) is 0 Å². The maximum atomic E-state index is 12.6. The number of carbonyl (C=O) groups excluding carboxylic acids is 1. The zero-order chi connectivity index (χ0) is 13.3. The third kappa shape index (κ3) is 2.08. The smallest absolute Gasteiger partial charge is 0.166 e. The van der Waals surface area contributed by atoms with E-state index in [0.29, 0.717) is 12.8 Å². The molecule has 3 rings (SSSR count). The highest BCUT2D eigenvalue weighted by molar-refractivity contribution is 6.00. The van der Waals surface area contributed by atoms with Crippen molar-refractivity contribution in [3.05, 3.63) is 71.3 Å². The Balaban J connectivity index is 1.92. The fourth-order valence-corrected chi connectivity index (χ4v) is 2.56. The molecule has 0 spiro atoms. The van der Waals surface area contributed by atoms with Gasteiger partial charge >= 0.3 is 0 Å². The van der Waals surface area contributed by atoms with Crippen molar-refractivity contribution in [2.45, 2.75) is 19.3 Å². The fourth-order valence-electron chi connectivity index (χ4n) is 2.56. The van der Waals surface area contributed by atoms with Crippen molar-refractivity contribution in [1.82, 2.24) is 0 Å². The first-order chi connectivity index (χ1) is 9.19. The van der Waals surface area contributed by atoms with Gasteiger partial charge in [-0.3, -0.25) is 4.79 Å². The summed E-state index contributed by atoms with van der Waals surface area (Å²) in [5.74, 6) is -1.03. The molecule has 0 bridgehead atoms. The van der Waals surface area contributed by atoms with Crippen LogP contribution in [0.15, 0.2) is 54.6 Å². The average molecular weight is 237 g/mol. The zero-order valence-corrected chi connectivity index (χ0v) is 10.2. The van der Waals surface area contributed by atoms with E-state index >= 15 is 0 Å². The zero-order valence-electron chi connectivity index (χ0n) is 11.2. The van der Waals surface area contributed by atoms with Crippen LogP contribution in [0, 0.1) is 5.89 Å². The van der Waals surface area contributed by atoms with Crippen molar-refractivity contribution in [2.75, 3.05) is 0 Å². The van der Waals surface area contributed by atoms with E-state index < -0.39 is 5.89 Å². The molecular formula is C17H16O. The monoisotopic (exact) mass is 237 g/mol. The summed E-state index contributed by atoms with van der Waals surface area (Å²) in [6.07, 6.45) is 1.93. The van der Waals surface area contributed by atoms with Crippen molar-refractivity contribution in [3.63, 3.8) is 0 Å². The van der Waals surface area contributed by atoms with Gasteiger partial charge in [-0.25, -0.2) is 0 Å². The maximum Gasteiger partial charge on any atom is 0.166 e. The summed E-state index contributed by atoms with van der Waals surface area (Å²) >= 11 is 0. The van der Waals surface area contributed by atoms with E-state index in [-0.39, 0.29) is 5.78 Å². The van der Waals surface area contributed by atoms with Gasteiger partial charge in [0.1, 0.15) is 0 Å². The van der Waals surface area contributed by atoms with Crippen LogP contribution in [0.5, 0.6) is 0 Å². The molecule has 1 aliphatic carbocycles. The highest BCUT2D eigenvalue weighted by Gasteiger charge is 2.26. The van der Waals surface area contributed by atoms with Gasteiger partial charge in [0.05, 0.1) is 0 Å². The van der Waals surface area contributed by atoms with E-state index in [4.69, 9.17) is 1.37 Å². The lowest BCUT2D eigenvalue weighted by molar-refractivity contribution is 0.0901. The Hall–Kier alpha value is -1.89. The molecule has 1 atom stereocenters. The number of fused-ring (bicyclic) bond motifs is 1. The topological polar surface area (TPSA) is 17.1 Å². The van der Waals surface area contributed by atoms with Crippen LogP contribution in [-0.4, -0.2) is 5.78 Å². The maximum absolute atomic E-state index is 12.6. The van der Waals surface area contributed by atoms with Crippen LogP contribution in [0.3, 0.4) is 0 Å². The molecule has 0 aliphatic heterocycles. The van der Waals surface area contributed by atoms with Crippen LogP contribution < -0.4 is 0 Å². The molecule has 0 fully saturated rings. The van der Waals surface area contributed by atoms with Crippen molar-refractivity contribution < 1.29 is 6.17 Å². The minimum absolute atomic E-state index is 0.0294. The summed E-state index contributed by atoms with van der Waals surface area (Å²) < 4.78 is 8.55. The summed E-state index contributed by atoms with van der Waals surface area (Å²) in [5.41, 5.74) is 2.88. The quantitative estimate of drug-likeness (QED) is 0.778. The van der Waals surface area contributed by atoms with Crippen LogP contribution in [0.4, 0.5) is 0 Å². The molecule has 0 amide bonds. The van der Waals surface area contributed by atoms with E-state index in [9.17, 15) is 4.79 Å². The largest absolute Gasteiger partial charge is 0.294 e. The van der Waals surface area contributed by atoms with Gasteiger partial charge in [0.25, 0.3) is 0 Å². The molecule has 0 saturated heterocycles. The molecule has 1 nitrogen and oxygen atoms in total. The predicted molar refractivity (Wildman–Crippen MR) is 72.7 cm³/mol. The molecule has 0 saturated carbocycles. The normalized spacial score (nSPS) is 23.3. The highest BCUT2D eigenvalue weighted by Crippen LogP contribution is 2.27. The summed E-state index contributed by atoms with van der Waals surface area (Å²) in [6.45, 7) is 0. The fraction of sp³-hybridized carbons (Fsp3) is 0.235. The number of hydrogen-bond acceptors (Lipinski definition) is 1. The molecule has 90 valence electrons. The number of ketones is 1. The second-order valence-electron chi connectivity index (χ2n) is 4.75. The molecule has 0 aromatic heterocycles. The van der Waals surface area contributed by atoms with E-state index in [1.807, 2.05) is 54.6 Å². The van der Waals surface area contributed by atoms with E-state index in [1.54, 1.807) is 0 Å². The number of Topliss-reactive ketones (excluding diaryl/α,β-unsaturated/α-hetero) is 1. The van der Waals surface area contributed by atoms with Gasteiger partial charge in [0.15, 0.2) is 5.78 Å². The van der Waals surface area contributed by atoms with Gasteiger partial charge in [-0.2, -0.15) is 0 Å². The van der Waals surface area contributed by atoms with Crippen LogP contribution in [0.2, 0.25) is 0 Å². The van der Waals surface area contributed by atoms with Gasteiger partial charge in [-0.1, -0.05) is 54.6 Å². The van der Waals surface area contributed by atoms with Gasteiger partial charge in [0, 0.05) is 12.8 Å². The van der Waals surface area contributed by atoms with Crippen molar-refractivity contribution in [1.29, 1.82) is 0 Å². The first-order valence-corrected chi connectivity index (χ1v) is 6.36. The van der Waals surface area contributed by atoms with Gasteiger partial charge in [-0.15, -0.1) is 0 Å². The molecule has 0 N–H and O–H groups in total. The third-order valence-electron chi connectivity index (χ3n) is 3.54. The lowest BCUT2D eigenvalue weighted by atomic mass is 9.80. The first kappa shape index (κ1) is 10.1. The third-order valence-corrected chi connectivity index (χ3v) is 3.54. The predicted octanol–water partition coefficient (Wildman–Crippen LogP) is 3.67. The number of hydrogen-bond donors (Lipinski definition) is 0. The minimum Gasteiger partial charge on any atom is -0.294 e. The first-order valence-electron chi connectivity index (χ1n) is 6.86. The van der Waals surface area contributed by atoms with Crippen LogP contribution in [0.1, 0.15) is 29.3 Å². The Labute approximate surface area is 109 Å². The summed E-state index contributed by atoms with van der Waals surface area (Å²) in [7, 11) is 0. The summed E-state index contributed by atoms with van der Waals surface area (Å²) in [5, 5.41) is 0. The van der Waals surface area contributed by atoms with Crippen LogP contribution >= 0.6 is 0 Å². The van der Waals surface area contributed by atoms with Crippen LogP contribution in [0.25, 0.3) is 0 Å². The Morgan fingerprint density at radius 2 is 1.78 bits per heavy atom. The average Bonchev–Trinajstić information content (AvgIpc) is 2.45. The molecule has 1 heteroatoms. The number of carbonyl (C=O) groups is 1. The van der Waals surface area contributed by atoms with E-state index in [0.717, 1.165) is 23.1 Å². The molecule has 2 aromatic carbocycles. The SMILES string of the molecule is [2H]C1(Cc2ccccc2)CCc2ccccc2C1=O. The van der Waals surface area contributed by atoms with E-state index in [2.05, 4.69) is 0 Å². The lowest BCUT2D eigenvalue weighted by Crippen LogP contribution is -2.24. The van der Waals surface area contributed by atoms with Crippen molar-refractivity contribution in [3.8, 4) is 0 Å². The summed E-state index contributed by atoms with van der Waals surface area (Å²) in [6, 6.07) is 17.5. The van der Waals surface area contributed by atoms with Gasteiger partial charge in [-0.05, 0) is 30.4 Å². The Morgan fingerprint density at radius 1 is 1.06 bits per heavy atom.